The molecular formula is C13H21NO3. The molecule has 1 fully saturated rings. The number of methoxy groups -OCH3 is 1. The van der Waals surface area contributed by atoms with E-state index in [-0.39, 0.29) is 22.6 Å². The Morgan fingerprint density at radius 1 is 1.24 bits per heavy atom. The summed E-state index contributed by atoms with van der Waals surface area (Å²) in [4.78, 5) is 25.2. The van der Waals surface area contributed by atoms with E-state index < -0.39 is 0 Å². The standard InChI is InChI=1S/C13H21NO3/c1-12(2)8-14(7-6-10(15)17-5)9-13(3,4)11(12)16/h6-7H,8-9H2,1-5H3/b7-6+. The van der Waals surface area contributed by atoms with E-state index in [4.69, 9.17) is 0 Å². The zero-order valence-electron chi connectivity index (χ0n) is 11.2. The molecule has 0 aromatic heterocycles. The molecule has 0 atom stereocenters. The number of Topliss-reactive ketones (excluding diaryl/α,β-unsaturated/α-hetero) is 1. The van der Waals surface area contributed by atoms with Crippen LogP contribution in [0, 0.1) is 10.8 Å². The second-order valence-corrected chi connectivity index (χ2v) is 5.84. The molecule has 96 valence electrons. The number of carbonyl (C=O) groups excluding carboxylic acids is 2. The average molecular weight is 239 g/mol. The second kappa shape index (κ2) is 4.51. The fourth-order valence-corrected chi connectivity index (χ4v) is 2.47. The van der Waals surface area contributed by atoms with Crippen molar-refractivity contribution in [3.63, 3.8) is 0 Å². The Labute approximate surface area is 103 Å². The Hall–Kier alpha value is -1.32. The molecule has 0 bridgehead atoms. The summed E-state index contributed by atoms with van der Waals surface area (Å²) in [6.07, 6.45) is 3.10. The molecular weight excluding hydrogens is 218 g/mol. The average Bonchev–Trinajstić information content (AvgIpc) is 2.21. The zero-order valence-corrected chi connectivity index (χ0v) is 11.2. The van der Waals surface area contributed by atoms with E-state index in [0.29, 0.717) is 13.1 Å². The lowest BCUT2D eigenvalue weighted by Gasteiger charge is -2.45. The molecule has 1 heterocycles. The minimum atomic E-state index is -0.387. The Morgan fingerprint density at radius 2 is 1.71 bits per heavy atom. The maximum absolute atomic E-state index is 12.2. The molecule has 0 saturated carbocycles. The molecule has 0 aliphatic carbocycles. The van der Waals surface area contributed by atoms with Gasteiger partial charge in [-0.2, -0.15) is 0 Å². The lowest BCUT2D eigenvalue weighted by Crippen LogP contribution is -2.54. The van der Waals surface area contributed by atoms with Gasteiger partial charge in [0.2, 0.25) is 0 Å². The molecule has 1 aliphatic heterocycles. The van der Waals surface area contributed by atoms with E-state index in [1.165, 1.54) is 13.2 Å². The van der Waals surface area contributed by atoms with Crippen LogP contribution in [0.5, 0.6) is 0 Å². The third-order valence-corrected chi connectivity index (χ3v) is 3.05. The highest BCUT2D eigenvalue weighted by Gasteiger charge is 2.44. The Morgan fingerprint density at radius 3 is 2.12 bits per heavy atom. The van der Waals surface area contributed by atoms with Gasteiger partial charge in [-0.1, -0.05) is 27.7 Å². The molecule has 0 N–H and O–H groups in total. The molecule has 4 heteroatoms. The van der Waals surface area contributed by atoms with Crippen molar-refractivity contribution in [2.45, 2.75) is 27.7 Å². The number of carbonyl (C=O) groups is 2. The smallest absolute Gasteiger partial charge is 0.331 e. The van der Waals surface area contributed by atoms with Crippen LogP contribution in [0.15, 0.2) is 12.3 Å². The number of ether oxygens (including phenoxy) is 1. The van der Waals surface area contributed by atoms with E-state index in [1.54, 1.807) is 6.20 Å². The minimum absolute atomic E-state index is 0.271. The molecule has 0 aromatic rings. The molecule has 0 amide bonds. The number of rotatable bonds is 2. The van der Waals surface area contributed by atoms with Crippen LogP contribution in [0.3, 0.4) is 0 Å². The third-order valence-electron chi connectivity index (χ3n) is 3.05. The maximum atomic E-state index is 12.2. The summed E-state index contributed by atoms with van der Waals surface area (Å²) >= 11 is 0. The summed E-state index contributed by atoms with van der Waals surface area (Å²) < 4.78 is 4.55. The van der Waals surface area contributed by atoms with Gasteiger partial charge in [-0.25, -0.2) is 4.79 Å². The van der Waals surface area contributed by atoms with Gasteiger partial charge in [-0.15, -0.1) is 0 Å². The topological polar surface area (TPSA) is 46.6 Å². The van der Waals surface area contributed by atoms with Gasteiger partial charge >= 0.3 is 5.97 Å². The van der Waals surface area contributed by atoms with Crippen molar-refractivity contribution < 1.29 is 14.3 Å². The summed E-state index contributed by atoms with van der Waals surface area (Å²) in [5.74, 6) is -0.106. The normalized spacial score (nSPS) is 22.9. The predicted molar refractivity (Wildman–Crippen MR) is 65.3 cm³/mol. The lowest BCUT2D eigenvalue weighted by atomic mass is 9.70. The van der Waals surface area contributed by atoms with Crippen LogP contribution >= 0.6 is 0 Å². The van der Waals surface area contributed by atoms with Gasteiger partial charge < -0.3 is 9.64 Å². The fraction of sp³-hybridized carbons (Fsp3) is 0.692. The Bertz CT molecular complexity index is 336. The Kier molecular flexibility index (Phi) is 3.65. The van der Waals surface area contributed by atoms with E-state index in [1.807, 2.05) is 32.6 Å². The zero-order chi connectivity index (χ0) is 13.3. The van der Waals surface area contributed by atoms with Crippen LogP contribution in [0.2, 0.25) is 0 Å². The highest BCUT2D eigenvalue weighted by molar-refractivity contribution is 5.90. The van der Waals surface area contributed by atoms with Crippen LogP contribution in [0.25, 0.3) is 0 Å². The fourth-order valence-electron chi connectivity index (χ4n) is 2.47. The van der Waals surface area contributed by atoms with Crippen molar-refractivity contribution in [2.24, 2.45) is 10.8 Å². The number of hydrogen-bond donors (Lipinski definition) is 0. The first-order valence-electron chi connectivity index (χ1n) is 5.74. The minimum Gasteiger partial charge on any atom is -0.466 e. The summed E-state index contributed by atoms with van der Waals surface area (Å²) in [7, 11) is 1.35. The SMILES string of the molecule is COC(=O)/C=C/N1CC(C)(C)C(=O)C(C)(C)C1. The molecule has 4 nitrogen and oxygen atoms in total. The molecule has 0 unspecified atom stereocenters. The van der Waals surface area contributed by atoms with Gasteiger partial charge in [-0.3, -0.25) is 4.79 Å². The van der Waals surface area contributed by atoms with Gasteiger partial charge in [-0.05, 0) is 0 Å². The number of piperidine rings is 1. The van der Waals surface area contributed by atoms with Crippen molar-refractivity contribution in [2.75, 3.05) is 20.2 Å². The number of hydrogen-bond acceptors (Lipinski definition) is 4. The van der Waals surface area contributed by atoms with Crippen LogP contribution < -0.4 is 0 Å². The second-order valence-electron chi connectivity index (χ2n) is 5.84. The summed E-state index contributed by atoms with van der Waals surface area (Å²) in [5.41, 5.74) is -0.773. The highest BCUT2D eigenvalue weighted by atomic mass is 16.5. The van der Waals surface area contributed by atoms with E-state index in [2.05, 4.69) is 4.74 Å². The van der Waals surface area contributed by atoms with Crippen molar-refractivity contribution in [1.29, 1.82) is 0 Å². The van der Waals surface area contributed by atoms with E-state index in [9.17, 15) is 9.59 Å². The molecule has 0 spiro atoms. The molecule has 1 saturated heterocycles. The monoisotopic (exact) mass is 239 g/mol. The van der Waals surface area contributed by atoms with Gasteiger partial charge in [0.05, 0.1) is 7.11 Å². The van der Waals surface area contributed by atoms with Crippen molar-refractivity contribution in [3.05, 3.63) is 12.3 Å². The number of esters is 1. The predicted octanol–water partition coefficient (Wildman–Crippen LogP) is 1.61. The van der Waals surface area contributed by atoms with Crippen molar-refractivity contribution in [3.8, 4) is 0 Å². The quantitative estimate of drug-likeness (QED) is 0.542. The first-order valence-corrected chi connectivity index (χ1v) is 5.74. The van der Waals surface area contributed by atoms with Crippen molar-refractivity contribution in [1.82, 2.24) is 4.90 Å². The van der Waals surface area contributed by atoms with E-state index >= 15 is 0 Å². The van der Waals surface area contributed by atoms with Gasteiger partial charge in [0.25, 0.3) is 0 Å². The van der Waals surface area contributed by atoms with Gasteiger partial charge in [0.1, 0.15) is 5.78 Å². The van der Waals surface area contributed by atoms with Crippen LogP contribution in [0.4, 0.5) is 0 Å². The number of nitrogens with zero attached hydrogens (tertiary/aromatic N) is 1. The number of likely N-dealkylation sites (tertiary alicyclic amines) is 1. The summed E-state index contributed by atoms with van der Waals surface area (Å²) in [6.45, 7) is 9.01. The van der Waals surface area contributed by atoms with Crippen LogP contribution in [-0.2, 0) is 14.3 Å². The number of ketones is 1. The summed E-state index contributed by atoms with van der Waals surface area (Å²) in [5, 5.41) is 0. The summed E-state index contributed by atoms with van der Waals surface area (Å²) in [6, 6.07) is 0. The lowest BCUT2D eigenvalue weighted by molar-refractivity contribution is -0.142. The molecule has 0 radical (unpaired) electrons. The first kappa shape index (κ1) is 13.7. The highest BCUT2D eigenvalue weighted by Crippen LogP contribution is 2.36. The third kappa shape index (κ3) is 3.08. The van der Waals surface area contributed by atoms with E-state index in [0.717, 1.165) is 0 Å². The molecule has 1 aliphatic rings. The van der Waals surface area contributed by atoms with Crippen LogP contribution in [0.1, 0.15) is 27.7 Å². The Balaban J connectivity index is 2.82. The van der Waals surface area contributed by atoms with Gasteiger partial charge in [0.15, 0.2) is 0 Å². The van der Waals surface area contributed by atoms with Crippen molar-refractivity contribution >= 4 is 11.8 Å². The first-order chi connectivity index (χ1) is 7.69. The maximum Gasteiger partial charge on any atom is 0.331 e. The van der Waals surface area contributed by atoms with Gasteiger partial charge in [0, 0.05) is 36.2 Å². The molecule has 17 heavy (non-hydrogen) atoms. The molecule has 0 aromatic carbocycles. The van der Waals surface area contributed by atoms with Crippen LogP contribution in [-0.4, -0.2) is 36.9 Å². The molecule has 1 rings (SSSR count). The largest absolute Gasteiger partial charge is 0.466 e.